The number of rotatable bonds is 3. The number of carbonyl (C=O) groups excluding carboxylic acids is 1. The van der Waals surface area contributed by atoms with Crippen LogP contribution in [0.15, 0.2) is 36.5 Å². The summed E-state index contributed by atoms with van der Waals surface area (Å²) < 4.78 is 0. The number of hydrogen-bond acceptors (Lipinski definition) is 4. The summed E-state index contributed by atoms with van der Waals surface area (Å²) in [7, 11) is 0. The van der Waals surface area contributed by atoms with E-state index < -0.39 is 0 Å². The van der Waals surface area contributed by atoms with Gasteiger partial charge in [0.1, 0.15) is 11.2 Å². The largest absolute Gasteiger partial charge is 0.345 e. The minimum Gasteiger partial charge on any atom is -0.345 e. The van der Waals surface area contributed by atoms with E-state index in [-0.39, 0.29) is 6.03 Å². The van der Waals surface area contributed by atoms with E-state index in [4.69, 9.17) is 4.98 Å². The first kappa shape index (κ1) is 16.4. The molecule has 0 aliphatic carbocycles. The fourth-order valence-corrected chi connectivity index (χ4v) is 3.24. The maximum Gasteiger partial charge on any atom is 0.336 e. The van der Waals surface area contributed by atoms with E-state index in [1.165, 1.54) is 6.42 Å². The van der Waals surface area contributed by atoms with Crippen molar-refractivity contribution in [2.24, 2.45) is 0 Å². The van der Waals surface area contributed by atoms with E-state index >= 15 is 0 Å². The fourth-order valence-electron chi connectivity index (χ4n) is 3.24. The van der Waals surface area contributed by atoms with Crippen LogP contribution in [-0.4, -0.2) is 39.0 Å². The summed E-state index contributed by atoms with van der Waals surface area (Å²) in [6.07, 6.45) is 5.10. The summed E-state index contributed by atoms with van der Waals surface area (Å²) >= 11 is 0. The second kappa shape index (κ2) is 7.03. The number of anilines is 1. The molecule has 0 atom stereocenters. The number of carbonyl (C=O) groups is 1. The lowest BCUT2D eigenvalue weighted by Crippen LogP contribution is -2.45. The van der Waals surface area contributed by atoms with Crippen molar-refractivity contribution < 1.29 is 4.79 Å². The molecule has 0 radical (unpaired) electrons. The van der Waals surface area contributed by atoms with Crippen LogP contribution in [0.2, 0.25) is 0 Å². The summed E-state index contributed by atoms with van der Waals surface area (Å²) in [5.74, 6) is 0.535. The Bertz CT molecular complexity index is 929. The van der Waals surface area contributed by atoms with Crippen LogP contribution < -0.4 is 10.9 Å². The number of amides is 2. The van der Waals surface area contributed by atoms with Crippen molar-refractivity contribution in [3.8, 4) is 11.3 Å². The second-order valence-corrected chi connectivity index (χ2v) is 6.60. The van der Waals surface area contributed by atoms with Crippen molar-refractivity contribution in [1.82, 2.24) is 25.3 Å². The summed E-state index contributed by atoms with van der Waals surface area (Å²) in [6.45, 7) is 3.62. The molecule has 1 aromatic carbocycles. The van der Waals surface area contributed by atoms with Crippen LogP contribution in [0.3, 0.4) is 0 Å². The Labute approximate surface area is 151 Å². The van der Waals surface area contributed by atoms with Gasteiger partial charge in [0.15, 0.2) is 11.5 Å². The van der Waals surface area contributed by atoms with Crippen LogP contribution in [0.1, 0.15) is 24.8 Å². The van der Waals surface area contributed by atoms with Gasteiger partial charge in [-0.05, 0) is 38.3 Å². The highest BCUT2D eigenvalue weighted by Gasteiger charge is 2.18. The standard InChI is InChI=1S/C19H22N6O/c1-13-6-5-7-14(12-13)16-18(21-15-8-9-20-17(15)22-16)23-24-19(26)25-10-3-2-4-11-25/h5-9,12H,2-4,10-11H2,1H3,(H,20,22)(H,21,23)(H,24,26). The number of hydrogen-bond donors (Lipinski definition) is 3. The normalized spacial score (nSPS) is 14.4. The molecule has 0 bridgehead atoms. The molecule has 134 valence electrons. The van der Waals surface area contributed by atoms with Crippen LogP contribution in [0, 0.1) is 6.92 Å². The molecule has 3 heterocycles. The Morgan fingerprint density at radius 3 is 2.81 bits per heavy atom. The van der Waals surface area contributed by atoms with Gasteiger partial charge in [0, 0.05) is 24.8 Å². The summed E-state index contributed by atoms with van der Waals surface area (Å²) in [5, 5.41) is 0. The number of nitrogens with zero attached hydrogens (tertiary/aromatic N) is 3. The summed E-state index contributed by atoms with van der Waals surface area (Å²) in [4.78, 5) is 26.6. The van der Waals surface area contributed by atoms with Crippen LogP contribution >= 0.6 is 0 Å². The minimum absolute atomic E-state index is 0.129. The van der Waals surface area contributed by atoms with Gasteiger partial charge in [-0.15, -0.1) is 0 Å². The monoisotopic (exact) mass is 350 g/mol. The average Bonchev–Trinajstić information content (AvgIpc) is 3.13. The third-order valence-corrected chi connectivity index (χ3v) is 4.61. The second-order valence-electron chi connectivity index (χ2n) is 6.60. The van der Waals surface area contributed by atoms with Crippen molar-refractivity contribution >= 4 is 23.0 Å². The average molecular weight is 350 g/mol. The molecule has 2 aromatic heterocycles. The molecule has 0 saturated carbocycles. The van der Waals surface area contributed by atoms with Gasteiger partial charge in [0.25, 0.3) is 0 Å². The van der Waals surface area contributed by atoms with E-state index in [0.717, 1.165) is 48.2 Å². The molecular weight excluding hydrogens is 328 g/mol. The number of hydrazine groups is 1. The molecule has 1 fully saturated rings. The Kier molecular flexibility index (Phi) is 4.43. The van der Waals surface area contributed by atoms with E-state index in [2.05, 4.69) is 26.9 Å². The molecule has 0 spiro atoms. The quantitative estimate of drug-likeness (QED) is 0.632. The Morgan fingerprint density at radius 1 is 1.15 bits per heavy atom. The predicted octanol–water partition coefficient (Wildman–Crippen LogP) is 3.46. The molecule has 4 rings (SSSR count). The van der Waals surface area contributed by atoms with Crippen LogP contribution in [0.5, 0.6) is 0 Å². The Balaban J connectivity index is 1.62. The molecular formula is C19H22N6O. The number of aromatic nitrogens is 3. The molecule has 7 nitrogen and oxygen atoms in total. The van der Waals surface area contributed by atoms with E-state index in [0.29, 0.717) is 11.5 Å². The lowest BCUT2D eigenvalue weighted by Gasteiger charge is -2.27. The molecule has 3 aromatic rings. The molecule has 7 heteroatoms. The SMILES string of the molecule is Cc1cccc(-c2nc3[nH]ccc3nc2NNC(=O)N2CCCCC2)c1. The highest BCUT2D eigenvalue weighted by Crippen LogP contribution is 2.27. The fraction of sp³-hybridized carbons (Fsp3) is 0.316. The van der Waals surface area contributed by atoms with Gasteiger partial charge >= 0.3 is 6.03 Å². The maximum absolute atomic E-state index is 12.4. The molecule has 1 aliphatic rings. The van der Waals surface area contributed by atoms with E-state index in [1.807, 2.05) is 36.1 Å². The van der Waals surface area contributed by atoms with Gasteiger partial charge in [-0.1, -0.05) is 23.8 Å². The molecule has 2 amide bonds. The third-order valence-electron chi connectivity index (χ3n) is 4.61. The topological polar surface area (TPSA) is 85.9 Å². The van der Waals surface area contributed by atoms with Gasteiger partial charge in [0.2, 0.25) is 0 Å². The zero-order valence-corrected chi connectivity index (χ0v) is 14.7. The molecule has 0 unspecified atom stereocenters. The lowest BCUT2D eigenvalue weighted by atomic mass is 10.1. The van der Waals surface area contributed by atoms with Gasteiger partial charge in [0.05, 0.1) is 0 Å². The Morgan fingerprint density at radius 2 is 2.00 bits per heavy atom. The number of H-pyrrole nitrogens is 1. The first-order chi connectivity index (χ1) is 12.7. The Hall–Kier alpha value is -3.09. The first-order valence-electron chi connectivity index (χ1n) is 8.94. The van der Waals surface area contributed by atoms with Crippen LogP contribution in [0.25, 0.3) is 22.4 Å². The van der Waals surface area contributed by atoms with Crippen molar-refractivity contribution in [3.63, 3.8) is 0 Å². The molecule has 26 heavy (non-hydrogen) atoms. The number of likely N-dealkylation sites (tertiary alicyclic amines) is 1. The summed E-state index contributed by atoms with van der Waals surface area (Å²) in [6, 6.07) is 9.80. The zero-order valence-electron chi connectivity index (χ0n) is 14.7. The number of urea groups is 1. The number of aryl methyl sites for hydroxylation is 1. The molecule has 1 saturated heterocycles. The van der Waals surface area contributed by atoms with E-state index in [1.54, 1.807) is 6.20 Å². The van der Waals surface area contributed by atoms with Crippen molar-refractivity contribution in [2.45, 2.75) is 26.2 Å². The maximum atomic E-state index is 12.4. The molecule has 1 aliphatic heterocycles. The van der Waals surface area contributed by atoms with Crippen LogP contribution in [0.4, 0.5) is 10.6 Å². The number of nitrogens with one attached hydrogen (secondary N) is 3. The van der Waals surface area contributed by atoms with Gasteiger partial charge in [-0.25, -0.2) is 14.8 Å². The number of aromatic amines is 1. The predicted molar refractivity (Wildman–Crippen MR) is 102 cm³/mol. The zero-order chi connectivity index (χ0) is 17.9. The van der Waals surface area contributed by atoms with Gasteiger partial charge in [-0.2, -0.15) is 0 Å². The number of benzene rings is 1. The first-order valence-corrected chi connectivity index (χ1v) is 8.94. The van der Waals surface area contributed by atoms with Crippen LogP contribution in [-0.2, 0) is 0 Å². The molecule has 3 N–H and O–H groups in total. The summed E-state index contributed by atoms with van der Waals surface area (Å²) in [5.41, 5.74) is 10.0. The van der Waals surface area contributed by atoms with E-state index in [9.17, 15) is 4.79 Å². The lowest BCUT2D eigenvalue weighted by molar-refractivity contribution is 0.188. The smallest absolute Gasteiger partial charge is 0.336 e. The van der Waals surface area contributed by atoms with Gasteiger partial charge in [-0.3, -0.25) is 10.9 Å². The van der Waals surface area contributed by atoms with Crippen molar-refractivity contribution in [2.75, 3.05) is 18.5 Å². The highest BCUT2D eigenvalue weighted by molar-refractivity contribution is 5.83. The van der Waals surface area contributed by atoms with Gasteiger partial charge < -0.3 is 9.88 Å². The van der Waals surface area contributed by atoms with Crippen molar-refractivity contribution in [1.29, 1.82) is 0 Å². The number of piperidine rings is 1. The third kappa shape index (κ3) is 3.33. The minimum atomic E-state index is -0.129. The highest BCUT2D eigenvalue weighted by atomic mass is 16.2. The van der Waals surface area contributed by atoms with Crippen molar-refractivity contribution in [3.05, 3.63) is 42.1 Å². The number of fused-ring (bicyclic) bond motifs is 1.